The molecule has 0 aliphatic carbocycles. The second-order valence-corrected chi connectivity index (χ2v) is 4.21. The van der Waals surface area contributed by atoms with Gasteiger partial charge in [-0.1, -0.05) is 0 Å². The minimum atomic E-state index is -0.388. The molecule has 0 bridgehead atoms. The fraction of sp³-hybridized carbons (Fsp3) is 0.462. The highest BCUT2D eigenvalue weighted by Crippen LogP contribution is 2.15. The van der Waals surface area contributed by atoms with Crippen LogP contribution in [0.15, 0.2) is 27.4 Å². The molecule has 1 aromatic carbocycles. The number of methoxy groups -OCH3 is 1. The van der Waals surface area contributed by atoms with Crippen LogP contribution in [0.4, 0.5) is 5.69 Å². The number of fused-ring (bicyclic) bond motifs is 1. The normalized spacial score (nSPS) is 11.2. The number of nitrogen functional groups attached to an aromatic ring is 1. The highest BCUT2D eigenvalue weighted by atomic mass is 16.5. The van der Waals surface area contributed by atoms with Gasteiger partial charge in [-0.15, -0.1) is 0 Å². The second-order valence-electron chi connectivity index (χ2n) is 4.21. The predicted octanol–water partition coefficient (Wildman–Crippen LogP) is 1.23. The number of aromatic nitrogens is 1. The first kappa shape index (κ1) is 13.6. The van der Waals surface area contributed by atoms with Crippen LogP contribution in [-0.4, -0.2) is 31.5 Å². The molecule has 0 spiro atoms. The molecular formula is C13H18N2O4. The Kier molecular flexibility index (Phi) is 4.59. The summed E-state index contributed by atoms with van der Waals surface area (Å²) in [7, 11) is 1.66. The van der Waals surface area contributed by atoms with E-state index in [4.69, 9.17) is 19.6 Å². The van der Waals surface area contributed by atoms with Crippen molar-refractivity contribution in [3.05, 3.63) is 28.7 Å². The molecule has 0 amide bonds. The molecule has 6 heteroatoms. The van der Waals surface area contributed by atoms with Gasteiger partial charge in [0.05, 0.1) is 18.7 Å². The van der Waals surface area contributed by atoms with Crippen molar-refractivity contribution in [2.75, 3.05) is 32.7 Å². The number of ether oxygens (including phenoxy) is 2. The molecule has 0 unspecified atom stereocenters. The zero-order valence-corrected chi connectivity index (χ0v) is 10.9. The molecule has 6 nitrogen and oxygen atoms in total. The molecule has 0 saturated carbocycles. The summed E-state index contributed by atoms with van der Waals surface area (Å²) in [5, 5.41) is 0. The first-order valence-corrected chi connectivity index (χ1v) is 6.18. The SMILES string of the molecule is COCCCOCCn1c(=O)oc2cc(N)ccc21. The van der Waals surface area contributed by atoms with Gasteiger partial charge in [0.2, 0.25) is 0 Å². The highest BCUT2D eigenvalue weighted by Gasteiger charge is 2.08. The molecule has 0 fully saturated rings. The number of benzene rings is 1. The van der Waals surface area contributed by atoms with E-state index in [2.05, 4.69) is 0 Å². The number of hydrogen-bond acceptors (Lipinski definition) is 5. The van der Waals surface area contributed by atoms with E-state index in [1.165, 1.54) is 0 Å². The third-order valence-electron chi connectivity index (χ3n) is 2.79. The maximum Gasteiger partial charge on any atom is 0.420 e. The number of hydrogen-bond donors (Lipinski definition) is 1. The molecule has 0 aliphatic heterocycles. The fourth-order valence-electron chi connectivity index (χ4n) is 1.86. The number of nitrogens with zero attached hydrogens (tertiary/aromatic N) is 1. The summed E-state index contributed by atoms with van der Waals surface area (Å²) in [6.07, 6.45) is 0.841. The standard InChI is InChI=1S/C13H18N2O4/c1-17-6-2-7-18-8-5-15-11-4-3-10(14)9-12(11)19-13(15)16/h3-4,9H,2,5-8,14H2,1H3. The molecule has 0 saturated heterocycles. The van der Waals surface area contributed by atoms with Crippen molar-refractivity contribution in [3.8, 4) is 0 Å². The summed E-state index contributed by atoms with van der Waals surface area (Å²) in [4.78, 5) is 11.7. The smallest absolute Gasteiger partial charge is 0.408 e. The Morgan fingerprint density at radius 1 is 1.32 bits per heavy atom. The summed E-state index contributed by atoms with van der Waals surface area (Å²) in [5.41, 5.74) is 7.46. The largest absolute Gasteiger partial charge is 0.420 e. The van der Waals surface area contributed by atoms with Crippen LogP contribution in [0.2, 0.25) is 0 Å². The van der Waals surface area contributed by atoms with E-state index < -0.39 is 0 Å². The van der Waals surface area contributed by atoms with E-state index in [0.29, 0.717) is 37.6 Å². The maximum absolute atomic E-state index is 11.7. The van der Waals surface area contributed by atoms with Crippen LogP contribution in [0.1, 0.15) is 6.42 Å². The molecule has 19 heavy (non-hydrogen) atoms. The molecule has 2 rings (SSSR count). The molecule has 1 heterocycles. The van der Waals surface area contributed by atoms with Crippen LogP contribution in [0.5, 0.6) is 0 Å². The minimum absolute atomic E-state index is 0.388. The van der Waals surface area contributed by atoms with Crippen molar-refractivity contribution in [3.63, 3.8) is 0 Å². The van der Waals surface area contributed by atoms with Gasteiger partial charge in [-0.2, -0.15) is 0 Å². The molecule has 104 valence electrons. The average Bonchev–Trinajstić information content (AvgIpc) is 2.69. The fourth-order valence-corrected chi connectivity index (χ4v) is 1.86. The molecule has 0 radical (unpaired) electrons. The van der Waals surface area contributed by atoms with E-state index in [-0.39, 0.29) is 5.76 Å². The number of oxazole rings is 1. The van der Waals surface area contributed by atoms with Gasteiger partial charge >= 0.3 is 5.76 Å². The summed E-state index contributed by atoms with van der Waals surface area (Å²) in [6.45, 7) is 2.21. The van der Waals surface area contributed by atoms with Gasteiger partial charge in [-0.05, 0) is 18.6 Å². The number of rotatable bonds is 7. The third kappa shape index (κ3) is 3.36. The van der Waals surface area contributed by atoms with Crippen molar-refractivity contribution < 1.29 is 13.9 Å². The van der Waals surface area contributed by atoms with Gasteiger partial charge in [0.1, 0.15) is 0 Å². The number of anilines is 1. The topological polar surface area (TPSA) is 79.6 Å². The Hall–Kier alpha value is -1.79. The molecular weight excluding hydrogens is 248 g/mol. The lowest BCUT2D eigenvalue weighted by molar-refractivity contribution is 0.0972. The Labute approximate surface area is 110 Å². The Morgan fingerprint density at radius 3 is 2.95 bits per heavy atom. The zero-order valence-electron chi connectivity index (χ0n) is 10.9. The average molecular weight is 266 g/mol. The van der Waals surface area contributed by atoms with E-state index in [9.17, 15) is 4.79 Å². The van der Waals surface area contributed by atoms with E-state index in [1.807, 2.05) is 0 Å². The van der Waals surface area contributed by atoms with Crippen molar-refractivity contribution in [1.82, 2.24) is 4.57 Å². The lowest BCUT2D eigenvalue weighted by Gasteiger charge is -2.04. The van der Waals surface area contributed by atoms with Gasteiger partial charge < -0.3 is 19.6 Å². The monoisotopic (exact) mass is 266 g/mol. The van der Waals surface area contributed by atoms with Gasteiger partial charge in [0.15, 0.2) is 5.58 Å². The molecule has 2 aromatic rings. The molecule has 0 atom stereocenters. The van der Waals surface area contributed by atoms with E-state index in [0.717, 1.165) is 11.9 Å². The van der Waals surface area contributed by atoms with Crippen LogP contribution < -0.4 is 11.5 Å². The number of nitrogens with two attached hydrogens (primary N) is 1. The highest BCUT2D eigenvalue weighted by molar-refractivity contribution is 5.76. The Bertz CT molecular complexity index is 588. The molecule has 1 aromatic heterocycles. The summed E-state index contributed by atoms with van der Waals surface area (Å²) in [6, 6.07) is 5.17. The summed E-state index contributed by atoms with van der Waals surface area (Å²) in [5.74, 6) is -0.388. The van der Waals surface area contributed by atoms with Gasteiger partial charge in [0.25, 0.3) is 0 Å². The van der Waals surface area contributed by atoms with Crippen LogP contribution in [-0.2, 0) is 16.0 Å². The van der Waals surface area contributed by atoms with Crippen LogP contribution in [0, 0.1) is 0 Å². The predicted molar refractivity (Wildman–Crippen MR) is 72.2 cm³/mol. The second kappa shape index (κ2) is 6.40. The zero-order chi connectivity index (χ0) is 13.7. The molecule has 2 N–H and O–H groups in total. The van der Waals surface area contributed by atoms with Crippen molar-refractivity contribution >= 4 is 16.8 Å². The quantitative estimate of drug-likeness (QED) is 0.602. The lowest BCUT2D eigenvalue weighted by atomic mass is 10.3. The van der Waals surface area contributed by atoms with Crippen molar-refractivity contribution in [2.45, 2.75) is 13.0 Å². The van der Waals surface area contributed by atoms with Crippen molar-refractivity contribution in [2.24, 2.45) is 0 Å². The van der Waals surface area contributed by atoms with Gasteiger partial charge in [-0.3, -0.25) is 4.57 Å². The van der Waals surface area contributed by atoms with E-state index >= 15 is 0 Å². The minimum Gasteiger partial charge on any atom is -0.408 e. The summed E-state index contributed by atoms with van der Waals surface area (Å²) >= 11 is 0. The van der Waals surface area contributed by atoms with Crippen LogP contribution in [0.3, 0.4) is 0 Å². The lowest BCUT2D eigenvalue weighted by Crippen LogP contribution is -2.17. The first-order chi connectivity index (χ1) is 9.22. The maximum atomic E-state index is 11.7. The Balaban J connectivity index is 1.97. The molecule has 0 aliphatic rings. The Morgan fingerprint density at radius 2 is 2.16 bits per heavy atom. The van der Waals surface area contributed by atoms with E-state index in [1.54, 1.807) is 29.9 Å². The first-order valence-electron chi connectivity index (χ1n) is 6.18. The summed E-state index contributed by atoms with van der Waals surface area (Å²) < 4.78 is 17.0. The van der Waals surface area contributed by atoms with Crippen LogP contribution >= 0.6 is 0 Å². The van der Waals surface area contributed by atoms with Gasteiger partial charge in [-0.25, -0.2) is 4.79 Å². The van der Waals surface area contributed by atoms with Crippen molar-refractivity contribution in [1.29, 1.82) is 0 Å². The van der Waals surface area contributed by atoms with Gasteiger partial charge in [0, 0.05) is 32.1 Å². The van der Waals surface area contributed by atoms with Crippen LogP contribution in [0.25, 0.3) is 11.1 Å². The third-order valence-corrected chi connectivity index (χ3v) is 2.79.